The Labute approximate surface area is 115 Å². The van der Waals surface area contributed by atoms with E-state index in [0.29, 0.717) is 11.3 Å². The average molecular weight is 261 g/mol. The third kappa shape index (κ3) is 3.96. The molecule has 0 bridgehead atoms. The number of Topliss-reactive ketones (excluding diaryl/α,β-unsaturated/α-hetero) is 1. The topological polar surface area (TPSA) is 58.4 Å². The predicted molar refractivity (Wildman–Crippen MR) is 79.6 cm³/mol. The van der Waals surface area contributed by atoms with Crippen molar-refractivity contribution < 1.29 is 4.79 Å². The number of nitrogens with two attached hydrogens (primary N) is 1. The number of rotatable bonds is 6. The molecule has 0 aromatic heterocycles. The van der Waals surface area contributed by atoms with Gasteiger partial charge < -0.3 is 16.0 Å². The van der Waals surface area contributed by atoms with Crippen molar-refractivity contribution >= 4 is 17.2 Å². The average Bonchev–Trinajstić information content (AvgIpc) is 2.87. The molecular formula is C15H23N3O. The van der Waals surface area contributed by atoms with Crippen LogP contribution in [0.5, 0.6) is 0 Å². The van der Waals surface area contributed by atoms with Crippen molar-refractivity contribution in [2.75, 3.05) is 37.2 Å². The van der Waals surface area contributed by atoms with Gasteiger partial charge in [-0.1, -0.05) is 0 Å². The van der Waals surface area contributed by atoms with Crippen LogP contribution in [0.1, 0.15) is 36.5 Å². The number of carbonyl (C=O) groups excluding carboxylic acids is 1. The molecule has 1 saturated heterocycles. The van der Waals surface area contributed by atoms with E-state index in [4.69, 9.17) is 5.73 Å². The highest BCUT2D eigenvalue weighted by atomic mass is 16.1. The van der Waals surface area contributed by atoms with Crippen molar-refractivity contribution in [3.05, 3.63) is 23.8 Å². The maximum Gasteiger partial charge on any atom is 0.161 e. The second-order valence-electron chi connectivity index (χ2n) is 5.19. The number of carbonyl (C=O) groups is 1. The van der Waals surface area contributed by atoms with Gasteiger partial charge in [-0.3, -0.25) is 4.79 Å². The van der Waals surface area contributed by atoms with Gasteiger partial charge in [-0.15, -0.1) is 0 Å². The van der Waals surface area contributed by atoms with E-state index in [-0.39, 0.29) is 5.78 Å². The van der Waals surface area contributed by atoms with Crippen molar-refractivity contribution in [3.63, 3.8) is 0 Å². The first kappa shape index (κ1) is 13.9. The summed E-state index contributed by atoms with van der Waals surface area (Å²) in [6, 6.07) is 5.55. The van der Waals surface area contributed by atoms with E-state index < -0.39 is 0 Å². The minimum atomic E-state index is 0.0121. The summed E-state index contributed by atoms with van der Waals surface area (Å²) >= 11 is 0. The summed E-state index contributed by atoms with van der Waals surface area (Å²) < 4.78 is 0. The van der Waals surface area contributed by atoms with E-state index in [1.807, 2.05) is 12.1 Å². The largest absolute Gasteiger partial charge is 0.398 e. The molecule has 0 unspecified atom stereocenters. The van der Waals surface area contributed by atoms with Gasteiger partial charge >= 0.3 is 0 Å². The van der Waals surface area contributed by atoms with Crippen LogP contribution in [0.3, 0.4) is 0 Å². The van der Waals surface area contributed by atoms with Crippen LogP contribution in [-0.4, -0.2) is 36.9 Å². The van der Waals surface area contributed by atoms with Crippen LogP contribution in [0.2, 0.25) is 0 Å². The lowest BCUT2D eigenvalue weighted by atomic mass is 10.1. The molecule has 1 aromatic carbocycles. The Bertz CT molecular complexity index is 439. The first-order valence-corrected chi connectivity index (χ1v) is 7.03. The van der Waals surface area contributed by atoms with Crippen molar-refractivity contribution in [3.8, 4) is 0 Å². The summed E-state index contributed by atoms with van der Waals surface area (Å²) in [7, 11) is 0. The zero-order chi connectivity index (χ0) is 13.7. The molecule has 0 atom stereocenters. The van der Waals surface area contributed by atoms with Gasteiger partial charge in [-0.05, 0) is 64.0 Å². The van der Waals surface area contributed by atoms with Gasteiger partial charge in [-0.25, -0.2) is 0 Å². The number of hydrogen-bond acceptors (Lipinski definition) is 4. The Morgan fingerprint density at radius 2 is 2.11 bits per heavy atom. The SMILES string of the molecule is CC(=O)c1ccc(NCCCN2CCCC2)cc1N. The first-order valence-electron chi connectivity index (χ1n) is 7.03. The molecule has 19 heavy (non-hydrogen) atoms. The molecule has 104 valence electrons. The molecule has 1 fully saturated rings. The van der Waals surface area contributed by atoms with Gasteiger partial charge in [0.25, 0.3) is 0 Å². The van der Waals surface area contributed by atoms with Crippen molar-refractivity contribution in [1.29, 1.82) is 0 Å². The summed E-state index contributed by atoms with van der Waals surface area (Å²) in [5.41, 5.74) is 8.00. The summed E-state index contributed by atoms with van der Waals surface area (Å²) in [6.07, 6.45) is 3.82. The third-order valence-electron chi connectivity index (χ3n) is 3.61. The van der Waals surface area contributed by atoms with Gasteiger partial charge in [0, 0.05) is 23.5 Å². The van der Waals surface area contributed by atoms with Crippen LogP contribution in [0.4, 0.5) is 11.4 Å². The highest BCUT2D eigenvalue weighted by Gasteiger charge is 2.10. The number of ketones is 1. The number of anilines is 2. The predicted octanol–water partition coefficient (Wildman–Crippen LogP) is 2.37. The second kappa shape index (κ2) is 6.57. The number of nitrogens with zero attached hydrogens (tertiary/aromatic N) is 1. The van der Waals surface area contributed by atoms with Crippen molar-refractivity contribution in [2.24, 2.45) is 0 Å². The molecular weight excluding hydrogens is 238 g/mol. The Morgan fingerprint density at radius 1 is 1.37 bits per heavy atom. The van der Waals surface area contributed by atoms with Crippen molar-refractivity contribution in [1.82, 2.24) is 4.90 Å². The molecule has 4 heteroatoms. The molecule has 1 aromatic rings. The maximum atomic E-state index is 11.3. The summed E-state index contributed by atoms with van der Waals surface area (Å²) in [5, 5.41) is 3.36. The van der Waals surface area contributed by atoms with Crippen molar-refractivity contribution in [2.45, 2.75) is 26.2 Å². The van der Waals surface area contributed by atoms with E-state index >= 15 is 0 Å². The molecule has 0 aliphatic carbocycles. The number of benzene rings is 1. The highest BCUT2D eigenvalue weighted by Crippen LogP contribution is 2.18. The molecule has 1 heterocycles. The second-order valence-corrected chi connectivity index (χ2v) is 5.19. The number of likely N-dealkylation sites (tertiary alicyclic amines) is 1. The Balaban J connectivity index is 1.76. The summed E-state index contributed by atoms with van der Waals surface area (Å²) in [6.45, 7) is 6.14. The summed E-state index contributed by atoms with van der Waals surface area (Å²) in [5.74, 6) is 0.0121. The molecule has 0 saturated carbocycles. The van der Waals surface area contributed by atoms with Crippen LogP contribution in [0.15, 0.2) is 18.2 Å². The number of hydrogen-bond donors (Lipinski definition) is 2. The van der Waals surface area contributed by atoms with Gasteiger partial charge in [0.1, 0.15) is 0 Å². The molecule has 0 radical (unpaired) electrons. The lowest BCUT2D eigenvalue weighted by Gasteiger charge is -2.15. The highest BCUT2D eigenvalue weighted by molar-refractivity contribution is 5.99. The minimum absolute atomic E-state index is 0.0121. The van der Waals surface area contributed by atoms with Gasteiger partial charge in [0.05, 0.1) is 0 Å². The fourth-order valence-corrected chi connectivity index (χ4v) is 2.53. The minimum Gasteiger partial charge on any atom is -0.398 e. The van der Waals surface area contributed by atoms with Crippen LogP contribution in [-0.2, 0) is 0 Å². The fourth-order valence-electron chi connectivity index (χ4n) is 2.53. The van der Waals surface area contributed by atoms with Crippen LogP contribution < -0.4 is 11.1 Å². The third-order valence-corrected chi connectivity index (χ3v) is 3.61. The van der Waals surface area contributed by atoms with E-state index in [1.165, 1.54) is 32.9 Å². The van der Waals surface area contributed by atoms with E-state index in [1.54, 1.807) is 6.07 Å². The molecule has 3 N–H and O–H groups in total. The zero-order valence-corrected chi connectivity index (χ0v) is 11.6. The molecule has 0 amide bonds. The monoisotopic (exact) mass is 261 g/mol. The Hall–Kier alpha value is -1.55. The van der Waals surface area contributed by atoms with Crippen LogP contribution >= 0.6 is 0 Å². The summed E-state index contributed by atoms with van der Waals surface area (Å²) in [4.78, 5) is 13.8. The van der Waals surface area contributed by atoms with Crippen LogP contribution in [0, 0.1) is 0 Å². The van der Waals surface area contributed by atoms with Gasteiger partial charge in [-0.2, -0.15) is 0 Å². The molecule has 0 spiro atoms. The fraction of sp³-hybridized carbons (Fsp3) is 0.533. The van der Waals surface area contributed by atoms with E-state index in [9.17, 15) is 4.79 Å². The van der Waals surface area contributed by atoms with E-state index in [2.05, 4.69) is 10.2 Å². The van der Waals surface area contributed by atoms with Crippen LogP contribution in [0.25, 0.3) is 0 Å². The number of nitrogens with one attached hydrogen (secondary N) is 1. The smallest absolute Gasteiger partial charge is 0.161 e. The van der Waals surface area contributed by atoms with Gasteiger partial charge in [0.15, 0.2) is 5.78 Å². The number of nitrogen functional groups attached to an aromatic ring is 1. The van der Waals surface area contributed by atoms with Gasteiger partial charge in [0.2, 0.25) is 0 Å². The normalized spacial score (nSPS) is 15.6. The lowest BCUT2D eigenvalue weighted by Crippen LogP contribution is -2.22. The Morgan fingerprint density at radius 3 is 2.74 bits per heavy atom. The Kier molecular flexibility index (Phi) is 4.80. The van der Waals surface area contributed by atoms with E-state index in [0.717, 1.165) is 25.2 Å². The molecule has 1 aliphatic rings. The zero-order valence-electron chi connectivity index (χ0n) is 11.6. The maximum absolute atomic E-state index is 11.3. The molecule has 4 nitrogen and oxygen atoms in total. The lowest BCUT2D eigenvalue weighted by molar-refractivity contribution is 0.101. The quantitative estimate of drug-likeness (QED) is 0.469. The molecule has 1 aliphatic heterocycles. The standard InChI is InChI=1S/C15H23N3O/c1-12(19)14-6-5-13(11-15(14)16)17-7-4-10-18-8-2-3-9-18/h5-6,11,17H,2-4,7-10,16H2,1H3. The first-order chi connectivity index (χ1) is 9.16. The molecule has 2 rings (SSSR count).